The fourth-order valence-electron chi connectivity index (χ4n) is 5.84. The number of piperazine rings is 2. The van der Waals surface area contributed by atoms with Crippen LogP contribution in [-0.2, 0) is 4.74 Å². The van der Waals surface area contributed by atoms with Gasteiger partial charge in [0, 0.05) is 44.8 Å². The van der Waals surface area contributed by atoms with Gasteiger partial charge in [0.1, 0.15) is 11.1 Å². The van der Waals surface area contributed by atoms with Crippen LogP contribution in [0.15, 0.2) is 24.3 Å². The Kier molecular flexibility index (Phi) is 7.30. The van der Waals surface area contributed by atoms with Gasteiger partial charge in [-0.3, -0.25) is 0 Å². The molecule has 2 aromatic rings. The predicted octanol–water partition coefficient (Wildman–Crippen LogP) is 3.99. The average Bonchev–Trinajstić information content (AvgIpc) is 2.92. The summed E-state index contributed by atoms with van der Waals surface area (Å²) >= 11 is 0. The topological polar surface area (TPSA) is 114 Å². The molecule has 2 fully saturated rings. The van der Waals surface area contributed by atoms with E-state index in [-0.39, 0.29) is 68.9 Å². The number of amides is 3. The summed E-state index contributed by atoms with van der Waals surface area (Å²) < 4.78 is 49.4. The van der Waals surface area contributed by atoms with Crippen molar-refractivity contribution in [3.05, 3.63) is 30.1 Å². The van der Waals surface area contributed by atoms with Gasteiger partial charge in [0.05, 0.1) is 23.5 Å². The zero-order valence-corrected chi connectivity index (χ0v) is 24.3. The van der Waals surface area contributed by atoms with Crippen LogP contribution in [0.5, 0.6) is 5.75 Å². The number of benzene rings is 1. The number of rotatable bonds is 2. The van der Waals surface area contributed by atoms with Crippen LogP contribution in [0.25, 0.3) is 11.3 Å². The molecule has 228 valence electrons. The maximum Gasteiger partial charge on any atom is 0.410 e. The van der Waals surface area contributed by atoms with Crippen molar-refractivity contribution in [1.82, 2.24) is 24.9 Å². The van der Waals surface area contributed by atoms with Gasteiger partial charge in [0.2, 0.25) is 0 Å². The smallest absolute Gasteiger partial charge is 0.410 e. The molecule has 0 saturated carbocycles. The molecule has 4 heterocycles. The summed E-state index contributed by atoms with van der Waals surface area (Å²) in [5.41, 5.74) is -2.66. The molecule has 0 spiro atoms. The Labute approximate surface area is 242 Å². The van der Waals surface area contributed by atoms with E-state index in [2.05, 4.69) is 15.5 Å². The highest BCUT2D eigenvalue weighted by atomic mass is 19.3. The number of para-hydroxylation sites is 1. The van der Waals surface area contributed by atoms with E-state index in [0.29, 0.717) is 5.69 Å². The highest BCUT2D eigenvalue weighted by Gasteiger charge is 2.54. The number of phenolic OH excluding ortho intramolecular Hbond substituents is 1. The van der Waals surface area contributed by atoms with Crippen molar-refractivity contribution in [2.45, 2.75) is 57.7 Å². The minimum absolute atomic E-state index is 0.0834. The molecule has 1 atom stereocenters. The van der Waals surface area contributed by atoms with Crippen molar-refractivity contribution in [2.24, 2.45) is 0 Å². The molecule has 0 radical (unpaired) electrons. The third-order valence-corrected chi connectivity index (χ3v) is 7.95. The Morgan fingerprint density at radius 1 is 1.07 bits per heavy atom. The number of anilines is 2. The van der Waals surface area contributed by atoms with Crippen LogP contribution in [0.2, 0.25) is 0 Å². The van der Waals surface area contributed by atoms with Gasteiger partial charge in [-0.1, -0.05) is 6.07 Å². The number of halogens is 3. The molecule has 11 nitrogen and oxygen atoms in total. The zero-order valence-electron chi connectivity index (χ0n) is 24.3. The Morgan fingerprint density at radius 3 is 2.45 bits per heavy atom. The van der Waals surface area contributed by atoms with Gasteiger partial charge in [-0.15, -0.1) is 10.2 Å². The Balaban J connectivity index is 1.37. The normalized spacial score (nSPS) is 21.9. The van der Waals surface area contributed by atoms with Crippen molar-refractivity contribution in [3.63, 3.8) is 0 Å². The highest BCUT2D eigenvalue weighted by molar-refractivity contribution is 5.80. The number of urea groups is 1. The summed E-state index contributed by atoms with van der Waals surface area (Å²) in [5, 5.41) is 21.3. The second kappa shape index (κ2) is 10.4. The summed E-state index contributed by atoms with van der Waals surface area (Å²) in [7, 11) is 0. The molecule has 3 aliphatic heterocycles. The molecule has 2 saturated heterocycles. The predicted molar refractivity (Wildman–Crippen MR) is 149 cm³/mol. The zero-order chi connectivity index (χ0) is 30.6. The number of phenols is 1. The molecule has 3 aliphatic rings. The maximum atomic E-state index is 15.0. The van der Waals surface area contributed by atoms with E-state index < -0.39 is 40.8 Å². The lowest BCUT2D eigenvalue weighted by atomic mass is 9.90. The lowest BCUT2D eigenvalue weighted by Gasteiger charge is -2.55. The lowest BCUT2D eigenvalue weighted by Crippen LogP contribution is -2.73. The van der Waals surface area contributed by atoms with Crippen LogP contribution in [0.3, 0.4) is 0 Å². The van der Waals surface area contributed by atoms with Gasteiger partial charge in [0.25, 0.3) is 6.43 Å². The van der Waals surface area contributed by atoms with Crippen LogP contribution in [-0.4, -0.2) is 111 Å². The summed E-state index contributed by atoms with van der Waals surface area (Å²) in [5.74, 6) is -1.17. The Bertz CT molecular complexity index is 1390. The second-order valence-electron chi connectivity index (χ2n) is 12.6. The second-order valence-corrected chi connectivity index (χ2v) is 12.6. The van der Waals surface area contributed by atoms with Crippen LogP contribution in [0.1, 0.15) is 34.6 Å². The van der Waals surface area contributed by atoms with E-state index in [4.69, 9.17) is 4.74 Å². The number of carbonyl (C=O) groups is 2. The minimum Gasteiger partial charge on any atom is -0.504 e. The summed E-state index contributed by atoms with van der Waals surface area (Å²) in [6, 6.07) is 5.09. The van der Waals surface area contributed by atoms with Crippen LogP contribution in [0.4, 0.5) is 34.3 Å². The number of hydrogen-bond acceptors (Lipinski definition) is 8. The molecule has 5 rings (SSSR count). The van der Waals surface area contributed by atoms with Crippen LogP contribution >= 0.6 is 0 Å². The van der Waals surface area contributed by atoms with E-state index in [1.807, 2.05) is 13.8 Å². The Morgan fingerprint density at radius 2 is 1.79 bits per heavy atom. The van der Waals surface area contributed by atoms with Crippen molar-refractivity contribution >= 4 is 23.6 Å². The number of fused-ring (bicyclic) bond motifs is 3. The van der Waals surface area contributed by atoms with Gasteiger partial charge in [0.15, 0.2) is 17.4 Å². The number of aromatic hydroxyl groups is 1. The molecule has 1 aromatic heterocycles. The van der Waals surface area contributed by atoms with E-state index in [1.165, 1.54) is 28.0 Å². The maximum absolute atomic E-state index is 15.0. The van der Waals surface area contributed by atoms with Crippen molar-refractivity contribution in [1.29, 1.82) is 0 Å². The first-order valence-corrected chi connectivity index (χ1v) is 13.8. The fourth-order valence-corrected chi connectivity index (χ4v) is 5.84. The quantitative estimate of drug-likeness (QED) is 0.539. The molecule has 0 unspecified atom stereocenters. The molecule has 0 aliphatic carbocycles. The lowest BCUT2D eigenvalue weighted by molar-refractivity contribution is -0.0155. The molecule has 0 bridgehead atoms. The van der Waals surface area contributed by atoms with Crippen LogP contribution in [0, 0.1) is 5.82 Å². The highest BCUT2D eigenvalue weighted by Crippen LogP contribution is 2.43. The van der Waals surface area contributed by atoms with Gasteiger partial charge >= 0.3 is 12.1 Å². The average molecular weight is 592 g/mol. The van der Waals surface area contributed by atoms with Crippen molar-refractivity contribution in [3.8, 4) is 17.0 Å². The van der Waals surface area contributed by atoms with Crippen molar-refractivity contribution in [2.75, 3.05) is 56.0 Å². The van der Waals surface area contributed by atoms with Gasteiger partial charge in [-0.05, 0) is 52.8 Å². The number of hydrogen-bond donors (Lipinski definition) is 2. The summed E-state index contributed by atoms with van der Waals surface area (Å²) in [6.07, 6.45) is -3.31. The van der Waals surface area contributed by atoms with Gasteiger partial charge in [-0.25, -0.2) is 22.8 Å². The van der Waals surface area contributed by atoms with Crippen molar-refractivity contribution < 1.29 is 32.6 Å². The minimum atomic E-state index is -2.84. The molecule has 2 N–H and O–H groups in total. The number of nitrogens with zero attached hydrogens (tertiary/aromatic N) is 6. The largest absolute Gasteiger partial charge is 0.504 e. The number of alkyl halides is 2. The summed E-state index contributed by atoms with van der Waals surface area (Å²) in [6.45, 7) is 9.54. The van der Waals surface area contributed by atoms with E-state index in [9.17, 15) is 27.9 Å². The molecule has 3 amide bonds. The molecule has 14 heteroatoms. The molecule has 1 aromatic carbocycles. The van der Waals surface area contributed by atoms with E-state index >= 15 is 0 Å². The first-order valence-electron chi connectivity index (χ1n) is 13.8. The first kappa shape index (κ1) is 29.5. The third kappa shape index (κ3) is 5.22. The SMILES string of the molecule is CC(C)(C)OC(=O)N1CCN(C(=O)N2CCN3c4cc(-c5cccc(F)c5O)nnc4NC[C@]3(C(F)F)C2)C(C)(C)C1. The summed E-state index contributed by atoms with van der Waals surface area (Å²) in [4.78, 5) is 32.6. The number of ether oxygens (including phenoxy) is 1. The van der Waals surface area contributed by atoms with E-state index in [1.54, 1.807) is 30.6 Å². The molecular weight excluding hydrogens is 555 g/mol. The third-order valence-electron chi connectivity index (χ3n) is 7.95. The number of nitrogens with one attached hydrogen (secondary N) is 1. The van der Waals surface area contributed by atoms with E-state index in [0.717, 1.165) is 6.07 Å². The van der Waals surface area contributed by atoms with Gasteiger partial charge in [-0.2, -0.15) is 0 Å². The monoisotopic (exact) mass is 591 g/mol. The number of aromatic nitrogens is 2. The standard InChI is InChI=1S/C28H36F3N7O4/c1-26(2,3)42-25(41)36-10-12-38(27(4,5)15-36)24(40)35-9-11-37-20-13-19(17-7-6-8-18(29)21(17)39)33-34-22(20)32-14-28(37,16-35)23(30)31/h6-8,13,23,39H,9-12,14-16H2,1-5H3,(H,32,34)/t28-/m1/s1. The Hall–Kier alpha value is -3.97. The fraction of sp³-hybridized carbons (Fsp3) is 0.571. The van der Waals surface area contributed by atoms with Gasteiger partial charge < -0.3 is 34.8 Å². The van der Waals surface area contributed by atoms with Crippen LogP contribution < -0.4 is 10.2 Å². The molecule has 42 heavy (non-hydrogen) atoms. The first-order chi connectivity index (χ1) is 19.6. The molecular formula is C28H36F3N7O4. The number of carbonyl (C=O) groups excluding carboxylic acids is 2.